The van der Waals surface area contributed by atoms with Gasteiger partial charge in [-0.3, -0.25) is 0 Å². The van der Waals surface area contributed by atoms with E-state index in [0.29, 0.717) is 0 Å². The van der Waals surface area contributed by atoms with Crippen LogP contribution in [0.2, 0.25) is 0 Å². The van der Waals surface area contributed by atoms with E-state index in [1.807, 2.05) is 26.1 Å². The fourth-order valence-corrected chi connectivity index (χ4v) is 2.56. The monoisotopic (exact) mass is 327 g/mol. The number of fused-ring (bicyclic) bond motifs is 1. The Morgan fingerprint density at radius 3 is 2.50 bits per heavy atom. The van der Waals surface area contributed by atoms with Gasteiger partial charge in [-0.1, -0.05) is 36.4 Å². The Bertz CT molecular complexity index is 784. The molecule has 0 spiro atoms. The van der Waals surface area contributed by atoms with Gasteiger partial charge >= 0.3 is 0 Å². The molecule has 1 aromatic heterocycles. The van der Waals surface area contributed by atoms with E-state index < -0.39 is 0 Å². The second-order valence-corrected chi connectivity index (χ2v) is 5.40. The third-order valence-corrected chi connectivity index (χ3v) is 4.21. The van der Waals surface area contributed by atoms with Gasteiger partial charge in [0.25, 0.3) is 0 Å². The van der Waals surface area contributed by atoms with Crippen LogP contribution in [0.1, 0.15) is 5.69 Å². The largest absolute Gasteiger partial charge is 0.372 e. The van der Waals surface area contributed by atoms with Gasteiger partial charge in [-0.15, -0.1) is 0 Å². The van der Waals surface area contributed by atoms with Crippen LogP contribution in [0.4, 0.5) is 5.82 Å². The van der Waals surface area contributed by atoms with Gasteiger partial charge < -0.3 is 5.32 Å². The number of nitrogens with zero attached hydrogens (tertiary/aromatic N) is 2. The molecule has 0 aliphatic heterocycles. The molecule has 100 valence electrons. The highest BCUT2D eigenvalue weighted by atomic mass is 79.9. The number of aryl methyl sites for hydroxylation is 1. The van der Waals surface area contributed by atoms with Crippen LogP contribution in [-0.4, -0.2) is 17.0 Å². The first-order chi connectivity index (χ1) is 9.69. The number of anilines is 1. The Morgan fingerprint density at radius 1 is 1.00 bits per heavy atom. The van der Waals surface area contributed by atoms with Gasteiger partial charge in [0.15, 0.2) is 5.82 Å². The Kier molecular flexibility index (Phi) is 3.40. The topological polar surface area (TPSA) is 37.8 Å². The van der Waals surface area contributed by atoms with Crippen molar-refractivity contribution in [3.05, 3.63) is 52.6 Å². The molecule has 1 N–H and O–H groups in total. The van der Waals surface area contributed by atoms with Crippen LogP contribution >= 0.6 is 15.9 Å². The molecule has 0 saturated heterocycles. The fraction of sp³-hybridized carbons (Fsp3) is 0.125. The summed E-state index contributed by atoms with van der Waals surface area (Å²) in [6.07, 6.45) is 0. The summed E-state index contributed by atoms with van der Waals surface area (Å²) in [5, 5.41) is 5.50. The summed E-state index contributed by atoms with van der Waals surface area (Å²) in [7, 11) is 1.86. The van der Waals surface area contributed by atoms with Gasteiger partial charge in [0.05, 0.1) is 10.2 Å². The van der Waals surface area contributed by atoms with Crippen LogP contribution in [-0.2, 0) is 0 Å². The molecule has 0 fully saturated rings. The molecule has 0 aliphatic rings. The predicted octanol–water partition coefficient (Wildman–Crippen LogP) is 4.41. The molecule has 20 heavy (non-hydrogen) atoms. The second-order valence-electron chi connectivity index (χ2n) is 4.61. The minimum absolute atomic E-state index is 0.737. The summed E-state index contributed by atoms with van der Waals surface area (Å²) in [5.41, 5.74) is 1.95. The average molecular weight is 328 g/mol. The molecule has 0 radical (unpaired) electrons. The van der Waals surface area contributed by atoms with Crippen molar-refractivity contribution in [1.29, 1.82) is 0 Å². The summed E-state index contributed by atoms with van der Waals surface area (Å²) in [6, 6.07) is 14.6. The first-order valence-electron chi connectivity index (χ1n) is 6.40. The van der Waals surface area contributed by atoms with E-state index in [9.17, 15) is 0 Å². The molecule has 0 saturated carbocycles. The summed E-state index contributed by atoms with van der Waals surface area (Å²) in [4.78, 5) is 9.12. The molecule has 3 rings (SSSR count). The number of benzene rings is 2. The van der Waals surface area contributed by atoms with Crippen molar-refractivity contribution in [3.63, 3.8) is 0 Å². The molecule has 0 atom stereocenters. The molecular weight excluding hydrogens is 314 g/mol. The number of nitrogens with one attached hydrogen (secondary N) is 1. The normalized spacial score (nSPS) is 10.8. The lowest BCUT2D eigenvalue weighted by atomic mass is 10.1. The first-order valence-corrected chi connectivity index (χ1v) is 7.19. The molecule has 0 aliphatic carbocycles. The lowest BCUT2D eigenvalue weighted by molar-refractivity contribution is 1.09. The van der Waals surface area contributed by atoms with E-state index >= 15 is 0 Å². The van der Waals surface area contributed by atoms with Crippen molar-refractivity contribution in [2.24, 2.45) is 0 Å². The van der Waals surface area contributed by atoms with Gasteiger partial charge in [-0.25, -0.2) is 9.97 Å². The molecule has 1 heterocycles. The van der Waals surface area contributed by atoms with Crippen LogP contribution in [0.15, 0.2) is 46.9 Å². The Morgan fingerprint density at radius 2 is 1.75 bits per heavy atom. The van der Waals surface area contributed by atoms with Gasteiger partial charge in [-0.05, 0) is 39.7 Å². The van der Waals surface area contributed by atoms with E-state index in [1.54, 1.807) is 0 Å². The zero-order chi connectivity index (χ0) is 14.1. The predicted molar refractivity (Wildman–Crippen MR) is 87.0 cm³/mol. The molecule has 0 unspecified atom stereocenters. The summed E-state index contributed by atoms with van der Waals surface area (Å²) in [5.74, 6) is 1.54. The minimum Gasteiger partial charge on any atom is -0.372 e. The highest BCUT2D eigenvalue weighted by Crippen LogP contribution is 2.28. The number of halogens is 1. The van der Waals surface area contributed by atoms with Gasteiger partial charge in [0.2, 0.25) is 0 Å². The van der Waals surface area contributed by atoms with Crippen molar-refractivity contribution in [2.45, 2.75) is 6.92 Å². The Balaban J connectivity index is 2.17. The molecule has 0 amide bonds. The Hall–Kier alpha value is -1.94. The van der Waals surface area contributed by atoms with Gasteiger partial charge in [-0.2, -0.15) is 0 Å². The van der Waals surface area contributed by atoms with Crippen LogP contribution in [0, 0.1) is 6.92 Å². The van der Waals surface area contributed by atoms with Crippen molar-refractivity contribution < 1.29 is 0 Å². The molecule has 4 heteroatoms. The molecule has 0 bridgehead atoms. The van der Waals surface area contributed by atoms with Gasteiger partial charge in [0.1, 0.15) is 5.82 Å². The number of aromatic nitrogens is 2. The lowest BCUT2D eigenvalue weighted by Crippen LogP contribution is -2.00. The molecule has 2 aromatic carbocycles. The van der Waals surface area contributed by atoms with Crippen LogP contribution < -0.4 is 5.32 Å². The van der Waals surface area contributed by atoms with Crippen LogP contribution in [0.3, 0.4) is 0 Å². The number of hydrogen-bond donors (Lipinski definition) is 1. The molecule has 3 nitrogen and oxygen atoms in total. The van der Waals surface area contributed by atoms with Crippen LogP contribution in [0.25, 0.3) is 22.2 Å². The maximum Gasteiger partial charge on any atom is 0.161 e. The van der Waals surface area contributed by atoms with Crippen molar-refractivity contribution in [1.82, 2.24) is 9.97 Å². The smallest absolute Gasteiger partial charge is 0.161 e. The Labute approximate surface area is 126 Å². The SMILES string of the molecule is CNc1nc(-c2ccc3ccccc3c2)nc(C)c1Br. The van der Waals surface area contributed by atoms with E-state index in [-0.39, 0.29) is 0 Å². The fourth-order valence-electron chi connectivity index (χ4n) is 2.18. The zero-order valence-electron chi connectivity index (χ0n) is 11.3. The second kappa shape index (κ2) is 5.21. The lowest BCUT2D eigenvalue weighted by Gasteiger charge is -2.09. The van der Waals surface area contributed by atoms with Crippen molar-refractivity contribution in [2.75, 3.05) is 12.4 Å². The van der Waals surface area contributed by atoms with Gasteiger partial charge in [0, 0.05) is 12.6 Å². The minimum atomic E-state index is 0.737. The van der Waals surface area contributed by atoms with Crippen molar-refractivity contribution >= 4 is 32.5 Å². The summed E-state index contributed by atoms with van der Waals surface area (Å²) >= 11 is 3.50. The standard InChI is InChI=1S/C16H14BrN3/c1-10-14(17)16(18-2)20-15(19-10)13-8-7-11-5-3-4-6-12(11)9-13/h3-9H,1-2H3,(H,18,19,20). The summed E-state index contributed by atoms with van der Waals surface area (Å²) < 4.78 is 0.907. The number of hydrogen-bond acceptors (Lipinski definition) is 3. The van der Waals surface area contributed by atoms with E-state index in [2.05, 4.69) is 61.5 Å². The maximum atomic E-state index is 4.56. The van der Waals surface area contributed by atoms with E-state index in [0.717, 1.165) is 27.4 Å². The maximum absolute atomic E-state index is 4.56. The zero-order valence-corrected chi connectivity index (χ0v) is 12.9. The highest BCUT2D eigenvalue weighted by Gasteiger charge is 2.10. The van der Waals surface area contributed by atoms with E-state index in [1.165, 1.54) is 10.8 Å². The third-order valence-electron chi connectivity index (χ3n) is 3.26. The summed E-state index contributed by atoms with van der Waals surface area (Å²) in [6.45, 7) is 1.97. The highest BCUT2D eigenvalue weighted by molar-refractivity contribution is 9.10. The van der Waals surface area contributed by atoms with Crippen molar-refractivity contribution in [3.8, 4) is 11.4 Å². The number of rotatable bonds is 2. The first kappa shape index (κ1) is 13.1. The molecular formula is C16H14BrN3. The quantitative estimate of drug-likeness (QED) is 0.757. The average Bonchev–Trinajstić information content (AvgIpc) is 2.49. The third kappa shape index (κ3) is 2.27. The molecule has 3 aromatic rings. The van der Waals surface area contributed by atoms with Crippen LogP contribution in [0.5, 0.6) is 0 Å². The van der Waals surface area contributed by atoms with E-state index in [4.69, 9.17) is 0 Å².